The summed E-state index contributed by atoms with van der Waals surface area (Å²) in [7, 11) is 0. The average Bonchev–Trinajstić information content (AvgIpc) is 2.69. The van der Waals surface area contributed by atoms with Crippen LogP contribution in [0.4, 0.5) is 0 Å². The minimum atomic E-state index is -0.471. The number of benzene rings is 2. The molecule has 7 heteroatoms. The Hall–Kier alpha value is -2.54. The fraction of sp³-hybridized carbons (Fsp3) is 0.300. The van der Waals surface area contributed by atoms with E-state index in [1.54, 1.807) is 24.3 Å². The maximum atomic E-state index is 11.8. The predicted molar refractivity (Wildman–Crippen MR) is 107 cm³/mol. The number of rotatable bonds is 8. The van der Waals surface area contributed by atoms with Gasteiger partial charge in [-0.2, -0.15) is 0 Å². The summed E-state index contributed by atoms with van der Waals surface area (Å²) < 4.78 is 11.6. The molecule has 0 spiro atoms. The molecule has 0 saturated heterocycles. The van der Waals surface area contributed by atoms with Crippen molar-refractivity contribution in [2.75, 3.05) is 13.2 Å². The van der Waals surface area contributed by atoms with Crippen LogP contribution in [-0.2, 0) is 9.59 Å². The van der Waals surface area contributed by atoms with Crippen molar-refractivity contribution < 1.29 is 19.1 Å². The lowest BCUT2D eigenvalue weighted by Gasteiger charge is -2.13. The fourth-order valence-electron chi connectivity index (χ4n) is 2.20. The lowest BCUT2D eigenvalue weighted by molar-refractivity contribution is -0.131. The molecule has 0 radical (unpaired) electrons. The van der Waals surface area contributed by atoms with E-state index in [-0.39, 0.29) is 13.2 Å². The van der Waals surface area contributed by atoms with Gasteiger partial charge in [0.25, 0.3) is 11.8 Å². The molecule has 6 nitrogen and oxygen atoms in total. The predicted octanol–water partition coefficient (Wildman–Crippen LogP) is 3.57. The summed E-state index contributed by atoms with van der Waals surface area (Å²) in [6, 6.07) is 14.7. The van der Waals surface area contributed by atoms with E-state index in [9.17, 15) is 9.59 Å². The van der Waals surface area contributed by atoms with Gasteiger partial charge >= 0.3 is 0 Å². The molecule has 2 amide bonds. The summed E-state index contributed by atoms with van der Waals surface area (Å²) in [5, 5.41) is 0. The van der Waals surface area contributed by atoms with Gasteiger partial charge in [0.15, 0.2) is 13.2 Å². The molecule has 2 aromatic rings. The van der Waals surface area contributed by atoms with E-state index in [0.717, 1.165) is 10.9 Å². The first kappa shape index (κ1) is 20.8. The third-order valence-electron chi connectivity index (χ3n) is 3.95. The topological polar surface area (TPSA) is 76.7 Å². The summed E-state index contributed by atoms with van der Waals surface area (Å²) in [6.45, 7) is 3.86. The normalized spacial score (nSPS) is 11.4. The summed E-state index contributed by atoms with van der Waals surface area (Å²) in [5.74, 6) is 0.656. The van der Waals surface area contributed by atoms with Crippen molar-refractivity contribution in [3.05, 3.63) is 58.6 Å². The van der Waals surface area contributed by atoms with E-state index in [0.29, 0.717) is 17.4 Å². The van der Waals surface area contributed by atoms with Crippen LogP contribution in [-0.4, -0.2) is 25.0 Å². The first-order valence-electron chi connectivity index (χ1n) is 8.67. The first-order chi connectivity index (χ1) is 13.0. The molecule has 1 atom stereocenters. The zero-order valence-corrected chi connectivity index (χ0v) is 16.9. The standard InChI is InChI=1S/C20H23BrN2O4/c1-3-14(2)15-9-10-18(17(21)11-15)27-13-20(25)23-22-19(24)12-26-16-7-5-4-6-8-16/h4-11,14H,3,12-13H2,1-2H3,(H,22,24)(H,23,25). The van der Waals surface area contributed by atoms with Gasteiger partial charge in [-0.25, -0.2) is 0 Å². The van der Waals surface area contributed by atoms with Crippen LogP contribution in [0.5, 0.6) is 11.5 Å². The smallest absolute Gasteiger partial charge is 0.276 e. The quantitative estimate of drug-likeness (QED) is 0.622. The Morgan fingerprint density at radius 1 is 1.00 bits per heavy atom. The Balaban J connectivity index is 1.72. The molecule has 144 valence electrons. The van der Waals surface area contributed by atoms with Crippen LogP contribution in [0, 0.1) is 0 Å². The van der Waals surface area contributed by atoms with Crippen LogP contribution in [0.15, 0.2) is 53.0 Å². The largest absolute Gasteiger partial charge is 0.484 e. The Morgan fingerprint density at radius 3 is 2.22 bits per heavy atom. The van der Waals surface area contributed by atoms with Gasteiger partial charge < -0.3 is 9.47 Å². The SMILES string of the molecule is CCC(C)c1ccc(OCC(=O)NNC(=O)COc2ccccc2)c(Br)c1. The van der Waals surface area contributed by atoms with Gasteiger partial charge in [-0.3, -0.25) is 20.4 Å². The van der Waals surface area contributed by atoms with Crippen molar-refractivity contribution in [3.63, 3.8) is 0 Å². The van der Waals surface area contributed by atoms with Gasteiger partial charge in [-0.1, -0.05) is 38.1 Å². The average molecular weight is 435 g/mol. The third kappa shape index (κ3) is 6.94. The number of halogens is 1. The van der Waals surface area contributed by atoms with Gasteiger partial charge in [-0.05, 0) is 58.1 Å². The number of nitrogens with one attached hydrogen (secondary N) is 2. The molecule has 1 unspecified atom stereocenters. The second kappa shape index (κ2) is 10.6. The minimum Gasteiger partial charge on any atom is -0.484 e. The Morgan fingerprint density at radius 2 is 1.63 bits per heavy atom. The summed E-state index contributed by atoms with van der Waals surface area (Å²) in [4.78, 5) is 23.5. The van der Waals surface area contributed by atoms with Gasteiger partial charge in [-0.15, -0.1) is 0 Å². The van der Waals surface area contributed by atoms with Gasteiger partial charge in [0.2, 0.25) is 0 Å². The van der Waals surface area contributed by atoms with Crippen molar-refractivity contribution >= 4 is 27.7 Å². The monoisotopic (exact) mass is 434 g/mol. The minimum absolute atomic E-state index is 0.201. The number of hydrogen-bond acceptors (Lipinski definition) is 4. The molecule has 0 aromatic heterocycles. The summed E-state index contributed by atoms with van der Waals surface area (Å²) >= 11 is 3.46. The Bertz CT molecular complexity index is 768. The molecule has 27 heavy (non-hydrogen) atoms. The molecule has 0 saturated carbocycles. The van der Waals surface area contributed by atoms with Crippen molar-refractivity contribution in [2.45, 2.75) is 26.2 Å². The number of para-hydroxylation sites is 1. The fourth-order valence-corrected chi connectivity index (χ4v) is 2.71. The molecule has 0 bridgehead atoms. The zero-order valence-electron chi connectivity index (χ0n) is 15.3. The molecular formula is C20H23BrN2O4. The number of amides is 2. The lowest BCUT2D eigenvalue weighted by atomic mass is 9.99. The van der Waals surface area contributed by atoms with Crippen LogP contribution < -0.4 is 20.3 Å². The molecule has 0 aliphatic heterocycles. The number of hydrogen-bond donors (Lipinski definition) is 2. The van der Waals surface area contributed by atoms with Gasteiger partial charge in [0.05, 0.1) is 4.47 Å². The number of ether oxygens (including phenoxy) is 2. The molecule has 0 heterocycles. The van der Waals surface area contributed by atoms with Gasteiger partial charge in [0.1, 0.15) is 11.5 Å². The highest BCUT2D eigenvalue weighted by Crippen LogP contribution is 2.29. The van der Waals surface area contributed by atoms with Crippen molar-refractivity contribution in [1.82, 2.24) is 10.9 Å². The van der Waals surface area contributed by atoms with Crippen molar-refractivity contribution in [1.29, 1.82) is 0 Å². The van der Waals surface area contributed by atoms with E-state index >= 15 is 0 Å². The summed E-state index contributed by atoms with van der Waals surface area (Å²) in [5.41, 5.74) is 5.77. The molecule has 0 aliphatic carbocycles. The Labute approximate surface area is 167 Å². The maximum Gasteiger partial charge on any atom is 0.276 e. The molecule has 0 fully saturated rings. The number of hydrazine groups is 1. The second-order valence-electron chi connectivity index (χ2n) is 5.99. The van der Waals surface area contributed by atoms with Crippen LogP contribution >= 0.6 is 15.9 Å². The van der Waals surface area contributed by atoms with Gasteiger partial charge in [0, 0.05) is 0 Å². The van der Waals surface area contributed by atoms with Crippen LogP contribution in [0.1, 0.15) is 31.7 Å². The first-order valence-corrected chi connectivity index (χ1v) is 9.46. The van der Waals surface area contributed by atoms with E-state index in [2.05, 4.69) is 40.6 Å². The van der Waals surface area contributed by atoms with E-state index in [1.807, 2.05) is 24.3 Å². The molecule has 2 rings (SSSR count). The second-order valence-corrected chi connectivity index (χ2v) is 6.84. The molecular weight excluding hydrogens is 412 g/mol. The maximum absolute atomic E-state index is 11.8. The van der Waals surface area contributed by atoms with Crippen molar-refractivity contribution in [3.8, 4) is 11.5 Å². The van der Waals surface area contributed by atoms with E-state index < -0.39 is 11.8 Å². The van der Waals surface area contributed by atoms with Crippen molar-refractivity contribution in [2.24, 2.45) is 0 Å². The lowest BCUT2D eigenvalue weighted by Crippen LogP contribution is -2.45. The highest BCUT2D eigenvalue weighted by molar-refractivity contribution is 9.10. The van der Waals surface area contributed by atoms with E-state index in [4.69, 9.17) is 9.47 Å². The number of carbonyl (C=O) groups is 2. The highest BCUT2D eigenvalue weighted by atomic mass is 79.9. The van der Waals surface area contributed by atoms with Crippen LogP contribution in [0.2, 0.25) is 0 Å². The Kier molecular flexibility index (Phi) is 8.13. The zero-order chi connectivity index (χ0) is 19.6. The van der Waals surface area contributed by atoms with Crippen LogP contribution in [0.3, 0.4) is 0 Å². The molecule has 0 aliphatic rings. The van der Waals surface area contributed by atoms with Crippen LogP contribution in [0.25, 0.3) is 0 Å². The summed E-state index contributed by atoms with van der Waals surface area (Å²) in [6.07, 6.45) is 1.04. The van der Waals surface area contributed by atoms with E-state index in [1.165, 1.54) is 5.56 Å². The highest BCUT2D eigenvalue weighted by Gasteiger charge is 2.10. The third-order valence-corrected chi connectivity index (χ3v) is 4.57. The molecule has 2 aromatic carbocycles. The molecule has 2 N–H and O–H groups in total. The number of carbonyl (C=O) groups excluding carboxylic acids is 2.